The van der Waals surface area contributed by atoms with Gasteiger partial charge in [0, 0.05) is 0 Å². The molecule has 0 aliphatic rings. The predicted octanol–water partition coefficient (Wildman–Crippen LogP) is 2.28. The molecular formula is C5H5Br2NO2. The van der Waals surface area contributed by atoms with Gasteiger partial charge in [-0.2, -0.15) is 5.48 Å². The highest BCUT2D eigenvalue weighted by Gasteiger charge is 2.03. The van der Waals surface area contributed by atoms with Crippen LogP contribution in [0.3, 0.4) is 0 Å². The second kappa shape index (κ2) is 3.52. The van der Waals surface area contributed by atoms with Crippen LogP contribution >= 0.6 is 31.9 Å². The highest BCUT2D eigenvalue weighted by Crippen LogP contribution is 2.26. The Kier molecular flexibility index (Phi) is 2.91. The molecule has 0 bridgehead atoms. The maximum absolute atomic E-state index is 8.28. The van der Waals surface area contributed by atoms with Crippen LogP contribution in [0, 0.1) is 0 Å². The predicted molar refractivity (Wildman–Crippen MR) is 42.7 cm³/mol. The van der Waals surface area contributed by atoms with Crippen LogP contribution < -0.4 is 5.48 Å². The Labute approximate surface area is 74.6 Å². The second-order valence-electron chi connectivity index (χ2n) is 1.67. The number of rotatable bonds is 2. The summed E-state index contributed by atoms with van der Waals surface area (Å²) in [5.74, 6) is 0.668. The molecule has 1 aromatic heterocycles. The topological polar surface area (TPSA) is 45.4 Å². The minimum Gasteiger partial charge on any atom is -0.452 e. The molecule has 0 saturated carbocycles. The van der Waals surface area contributed by atoms with Crippen molar-refractivity contribution in [2.24, 2.45) is 0 Å². The van der Waals surface area contributed by atoms with Crippen molar-refractivity contribution in [3.8, 4) is 0 Å². The molecule has 2 N–H and O–H groups in total. The molecule has 0 aliphatic heterocycles. The van der Waals surface area contributed by atoms with Crippen molar-refractivity contribution in [2.75, 3.05) is 0 Å². The van der Waals surface area contributed by atoms with Gasteiger partial charge >= 0.3 is 0 Å². The fourth-order valence-corrected chi connectivity index (χ4v) is 1.22. The summed E-state index contributed by atoms with van der Waals surface area (Å²) < 4.78 is 6.58. The number of nitrogens with one attached hydrogen (secondary N) is 1. The van der Waals surface area contributed by atoms with Crippen LogP contribution in [0.2, 0.25) is 0 Å². The van der Waals surface area contributed by atoms with Gasteiger partial charge in [0.1, 0.15) is 5.76 Å². The molecule has 56 valence electrons. The van der Waals surface area contributed by atoms with Crippen molar-refractivity contribution in [3.63, 3.8) is 0 Å². The lowest BCUT2D eigenvalue weighted by Crippen LogP contribution is -2.04. The van der Waals surface area contributed by atoms with E-state index in [2.05, 4.69) is 31.9 Å². The fourth-order valence-electron chi connectivity index (χ4n) is 0.556. The Morgan fingerprint density at radius 1 is 1.60 bits per heavy atom. The standard InChI is InChI=1S/C5H5Br2NO2/c6-4-1-3(2-8-9)10-5(4)7/h1,8-9H,2H2. The lowest BCUT2D eigenvalue weighted by atomic mass is 10.5. The molecule has 1 aromatic rings. The van der Waals surface area contributed by atoms with Crippen LogP contribution in [-0.2, 0) is 6.54 Å². The van der Waals surface area contributed by atoms with E-state index in [1.807, 2.05) is 5.48 Å². The molecule has 0 fully saturated rings. The monoisotopic (exact) mass is 269 g/mol. The SMILES string of the molecule is ONCc1cc(Br)c(Br)o1. The van der Waals surface area contributed by atoms with Gasteiger partial charge in [-0.3, -0.25) is 0 Å². The number of halogens is 2. The molecular weight excluding hydrogens is 266 g/mol. The number of hydrogen-bond acceptors (Lipinski definition) is 3. The summed E-state index contributed by atoms with van der Waals surface area (Å²) in [5.41, 5.74) is 1.99. The smallest absolute Gasteiger partial charge is 0.183 e. The third-order valence-corrected chi connectivity index (χ3v) is 2.66. The van der Waals surface area contributed by atoms with Gasteiger partial charge in [-0.25, -0.2) is 0 Å². The van der Waals surface area contributed by atoms with Crippen molar-refractivity contribution in [1.29, 1.82) is 0 Å². The highest BCUT2D eigenvalue weighted by molar-refractivity contribution is 9.13. The van der Waals surface area contributed by atoms with Crippen LogP contribution in [0.25, 0.3) is 0 Å². The van der Waals surface area contributed by atoms with Crippen LogP contribution in [0.15, 0.2) is 19.6 Å². The molecule has 0 amide bonds. The normalized spacial score (nSPS) is 10.3. The van der Waals surface area contributed by atoms with E-state index >= 15 is 0 Å². The van der Waals surface area contributed by atoms with Crippen molar-refractivity contribution in [2.45, 2.75) is 6.54 Å². The Balaban J connectivity index is 2.77. The van der Waals surface area contributed by atoms with Crippen LogP contribution in [0.5, 0.6) is 0 Å². The van der Waals surface area contributed by atoms with Gasteiger partial charge in [-0.1, -0.05) is 0 Å². The third-order valence-electron chi connectivity index (χ3n) is 0.949. The average Bonchev–Trinajstić information content (AvgIpc) is 2.14. The molecule has 3 nitrogen and oxygen atoms in total. The summed E-state index contributed by atoms with van der Waals surface area (Å²) in [5, 5.41) is 8.28. The Morgan fingerprint density at radius 3 is 2.70 bits per heavy atom. The molecule has 10 heavy (non-hydrogen) atoms. The van der Waals surface area contributed by atoms with Gasteiger partial charge in [-0.15, -0.1) is 0 Å². The van der Waals surface area contributed by atoms with Gasteiger partial charge < -0.3 is 9.62 Å². The molecule has 1 rings (SSSR count). The van der Waals surface area contributed by atoms with E-state index in [9.17, 15) is 0 Å². The third kappa shape index (κ3) is 1.82. The minimum absolute atomic E-state index is 0.310. The quantitative estimate of drug-likeness (QED) is 0.811. The van der Waals surface area contributed by atoms with Crippen molar-refractivity contribution in [1.82, 2.24) is 5.48 Å². The van der Waals surface area contributed by atoms with E-state index < -0.39 is 0 Å². The average molecular weight is 271 g/mol. The van der Waals surface area contributed by atoms with E-state index in [1.165, 1.54) is 0 Å². The molecule has 1 heterocycles. The van der Waals surface area contributed by atoms with E-state index in [0.29, 0.717) is 17.0 Å². The maximum atomic E-state index is 8.28. The zero-order valence-electron chi connectivity index (χ0n) is 4.90. The summed E-state index contributed by atoms with van der Waals surface area (Å²) in [6.45, 7) is 0.310. The van der Waals surface area contributed by atoms with E-state index in [1.54, 1.807) is 6.07 Å². The number of hydrogen-bond donors (Lipinski definition) is 2. The van der Waals surface area contributed by atoms with Gasteiger partial charge in [0.25, 0.3) is 0 Å². The van der Waals surface area contributed by atoms with Gasteiger partial charge in [-0.05, 0) is 37.9 Å². The van der Waals surface area contributed by atoms with E-state index in [-0.39, 0.29) is 0 Å². The van der Waals surface area contributed by atoms with Crippen LogP contribution in [0.4, 0.5) is 0 Å². The number of hydroxylamine groups is 1. The molecule has 0 unspecified atom stereocenters. The van der Waals surface area contributed by atoms with Gasteiger partial charge in [0.2, 0.25) is 0 Å². The zero-order valence-corrected chi connectivity index (χ0v) is 8.07. The lowest BCUT2D eigenvalue weighted by molar-refractivity contribution is 0.153. The number of furan rings is 1. The fraction of sp³-hybridized carbons (Fsp3) is 0.200. The first kappa shape index (κ1) is 8.26. The minimum atomic E-state index is 0.310. The first-order valence-corrected chi connectivity index (χ1v) is 4.13. The molecule has 0 saturated heterocycles. The summed E-state index contributed by atoms with van der Waals surface area (Å²) >= 11 is 6.40. The van der Waals surface area contributed by atoms with Crippen LogP contribution in [0.1, 0.15) is 5.76 Å². The van der Waals surface area contributed by atoms with Crippen LogP contribution in [-0.4, -0.2) is 5.21 Å². The lowest BCUT2D eigenvalue weighted by Gasteiger charge is -1.88. The Bertz CT molecular complexity index is 204. The summed E-state index contributed by atoms with van der Waals surface area (Å²) in [6, 6.07) is 1.77. The molecule has 0 radical (unpaired) electrons. The molecule has 0 atom stereocenters. The van der Waals surface area contributed by atoms with E-state index in [0.717, 1.165) is 4.47 Å². The molecule has 0 spiro atoms. The van der Waals surface area contributed by atoms with Crippen molar-refractivity contribution in [3.05, 3.63) is 21.0 Å². The summed E-state index contributed by atoms with van der Waals surface area (Å²) in [7, 11) is 0. The van der Waals surface area contributed by atoms with Crippen molar-refractivity contribution >= 4 is 31.9 Å². The first-order chi connectivity index (χ1) is 4.74. The Morgan fingerprint density at radius 2 is 2.30 bits per heavy atom. The second-order valence-corrected chi connectivity index (χ2v) is 3.24. The van der Waals surface area contributed by atoms with Gasteiger partial charge in [0.05, 0.1) is 11.0 Å². The summed E-state index contributed by atoms with van der Waals surface area (Å²) in [4.78, 5) is 0. The Hall–Kier alpha value is 0.160. The first-order valence-electron chi connectivity index (χ1n) is 2.54. The van der Waals surface area contributed by atoms with Crippen molar-refractivity contribution < 1.29 is 9.62 Å². The molecule has 5 heteroatoms. The van der Waals surface area contributed by atoms with E-state index in [4.69, 9.17) is 9.62 Å². The largest absolute Gasteiger partial charge is 0.452 e. The van der Waals surface area contributed by atoms with Gasteiger partial charge in [0.15, 0.2) is 4.67 Å². The molecule has 0 aliphatic carbocycles. The zero-order chi connectivity index (χ0) is 7.56. The maximum Gasteiger partial charge on any atom is 0.183 e. The molecule has 0 aromatic carbocycles. The summed E-state index contributed by atoms with van der Waals surface area (Å²) in [6.07, 6.45) is 0. The highest BCUT2D eigenvalue weighted by atomic mass is 79.9.